The van der Waals surface area contributed by atoms with E-state index in [0.717, 1.165) is 19.1 Å². The molecular weight excluding hydrogens is 239 g/mol. The Morgan fingerprint density at radius 1 is 1.12 bits per heavy atom. The molecule has 0 aromatic rings. The summed E-state index contributed by atoms with van der Waals surface area (Å²) in [5.41, 5.74) is 0. The molecule has 0 saturated heterocycles. The second-order valence-electron chi connectivity index (χ2n) is 4.58. The summed E-state index contributed by atoms with van der Waals surface area (Å²) in [7, 11) is -3.79. The summed E-state index contributed by atoms with van der Waals surface area (Å²) in [6.07, 6.45) is 2.26. The van der Waals surface area contributed by atoms with Gasteiger partial charge in [0, 0.05) is 18.9 Å². The van der Waals surface area contributed by atoms with Crippen LogP contribution in [0.3, 0.4) is 0 Å². The molecule has 0 aliphatic heterocycles. The van der Waals surface area contributed by atoms with Crippen molar-refractivity contribution >= 4 is 15.7 Å². The minimum atomic E-state index is -2.30. The van der Waals surface area contributed by atoms with E-state index in [1.54, 1.807) is 0 Å². The first kappa shape index (κ1) is 16.4. The SMILES string of the molecule is CCO[Si](C)(C)CCCOP(=O)(CC)CC. The van der Waals surface area contributed by atoms with Crippen LogP contribution in [0.1, 0.15) is 27.2 Å². The van der Waals surface area contributed by atoms with Gasteiger partial charge in [0.1, 0.15) is 0 Å². The van der Waals surface area contributed by atoms with Gasteiger partial charge in [-0.2, -0.15) is 0 Å². The van der Waals surface area contributed by atoms with E-state index in [1.165, 1.54) is 0 Å². The van der Waals surface area contributed by atoms with Crippen LogP contribution in [0, 0.1) is 0 Å². The molecule has 0 aliphatic rings. The third-order valence-electron chi connectivity index (χ3n) is 2.75. The van der Waals surface area contributed by atoms with Gasteiger partial charge in [0.05, 0.1) is 6.61 Å². The van der Waals surface area contributed by atoms with Gasteiger partial charge in [0.2, 0.25) is 7.37 Å². The number of rotatable bonds is 9. The summed E-state index contributed by atoms with van der Waals surface area (Å²) in [6, 6.07) is 1.08. The molecule has 0 aliphatic carbocycles. The van der Waals surface area contributed by atoms with Gasteiger partial charge in [0.15, 0.2) is 8.32 Å². The zero-order valence-electron chi connectivity index (χ0n) is 11.4. The Balaban J connectivity index is 3.79. The molecule has 0 atom stereocenters. The van der Waals surface area contributed by atoms with Gasteiger partial charge in [-0.3, -0.25) is 4.57 Å². The highest BCUT2D eigenvalue weighted by Crippen LogP contribution is 2.45. The first-order valence-corrected chi connectivity index (χ1v) is 11.4. The van der Waals surface area contributed by atoms with Crippen LogP contribution in [0.5, 0.6) is 0 Å². The van der Waals surface area contributed by atoms with Gasteiger partial charge in [-0.15, -0.1) is 0 Å². The summed E-state index contributed by atoms with van der Waals surface area (Å²) in [5, 5.41) is 0. The molecule has 0 radical (unpaired) electrons. The van der Waals surface area contributed by atoms with Crippen LogP contribution in [0.25, 0.3) is 0 Å². The van der Waals surface area contributed by atoms with Crippen LogP contribution in [0.15, 0.2) is 0 Å². The smallest absolute Gasteiger partial charge is 0.202 e. The van der Waals surface area contributed by atoms with Crippen LogP contribution in [0.4, 0.5) is 0 Å². The van der Waals surface area contributed by atoms with E-state index >= 15 is 0 Å². The van der Waals surface area contributed by atoms with Crippen LogP contribution in [-0.4, -0.2) is 33.9 Å². The Morgan fingerprint density at radius 3 is 2.12 bits per heavy atom. The molecule has 0 rings (SSSR count). The van der Waals surface area contributed by atoms with Crippen molar-refractivity contribution in [1.29, 1.82) is 0 Å². The lowest BCUT2D eigenvalue weighted by atomic mass is 10.5. The van der Waals surface area contributed by atoms with E-state index in [9.17, 15) is 4.57 Å². The van der Waals surface area contributed by atoms with Crippen LogP contribution in [-0.2, 0) is 13.5 Å². The summed E-state index contributed by atoms with van der Waals surface area (Å²) < 4.78 is 23.2. The second-order valence-corrected chi connectivity index (χ2v) is 12.0. The highest BCUT2D eigenvalue weighted by Gasteiger charge is 2.22. The van der Waals surface area contributed by atoms with Crippen molar-refractivity contribution in [3.8, 4) is 0 Å². The van der Waals surface area contributed by atoms with Crippen molar-refractivity contribution in [1.82, 2.24) is 0 Å². The first-order valence-electron chi connectivity index (χ1n) is 6.25. The van der Waals surface area contributed by atoms with E-state index in [1.807, 2.05) is 20.8 Å². The zero-order valence-corrected chi connectivity index (χ0v) is 13.3. The fraction of sp³-hybridized carbons (Fsp3) is 1.00. The molecule has 0 fully saturated rings. The second kappa shape index (κ2) is 7.65. The van der Waals surface area contributed by atoms with E-state index in [-0.39, 0.29) is 0 Å². The molecule has 0 amide bonds. The monoisotopic (exact) mass is 266 g/mol. The molecule has 98 valence electrons. The molecule has 0 aromatic heterocycles. The summed E-state index contributed by atoms with van der Waals surface area (Å²) in [5.74, 6) is 0. The molecule has 0 bridgehead atoms. The maximum atomic E-state index is 12.0. The Morgan fingerprint density at radius 2 is 1.69 bits per heavy atom. The summed E-state index contributed by atoms with van der Waals surface area (Å²) in [6.45, 7) is 11.7. The fourth-order valence-electron chi connectivity index (χ4n) is 1.60. The molecule has 0 aromatic carbocycles. The quantitative estimate of drug-likeness (QED) is 0.360. The van der Waals surface area contributed by atoms with E-state index in [2.05, 4.69) is 13.1 Å². The maximum absolute atomic E-state index is 12.0. The number of hydrogen-bond acceptors (Lipinski definition) is 3. The minimum Gasteiger partial charge on any atom is -0.418 e. The predicted molar refractivity (Wildman–Crippen MR) is 73.2 cm³/mol. The lowest BCUT2D eigenvalue weighted by Gasteiger charge is -2.22. The predicted octanol–water partition coefficient (Wildman–Crippen LogP) is 3.95. The maximum Gasteiger partial charge on any atom is 0.202 e. The fourth-order valence-corrected chi connectivity index (χ4v) is 4.79. The topological polar surface area (TPSA) is 35.5 Å². The van der Waals surface area contributed by atoms with Crippen LogP contribution >= 0.6 is 7.37 Å². The highest BCUT2D eigenvalue weighted by molar-refractivity contribution is 7.58. The average Bonchev–Trinajstić information content (AvgIpc) is 2.24. The number of hydrogen-bond donors (Lipinski definition) is 0. The van der Waals surface area contributed by atoms with Crippen molar-refractivity contribution < 1.29 is 13.5 Å². The van der Waals surface area contributed by atoms with Crippen molar-refractivity contribution in [3.05, 3.63) is 0 Å². The first-order chi connectivity index (χ1) is 7.39. The van der Waals surface area contributed by atoms with Crippen molar-refractivity contribution in [2.45, 2.75) is 46.3 Å². The van der Waals surface area contributed by atoms with Crippen molar-refractivity contribution in [2.24, 2.45) is 0 Å². The van der Waals surface area contributed by atoms with E-state index in [4.69, 9.17) is 8.95 Å². The minimum absolute atomic E-state index is 0.614. The molecule has 0 unspecified atom stereocenters. The summed E-state index contributed by atoms with van der Waals surface area (Å²) >= 11 is 0. The Labute approximate surface area is 101 Å². The van der Waals surface area contributed by atoms with Gasteiger partial charge < -0.3 is 8.95 Å². The molecule has 16 heavy (non-hydrogen) atoms. The Hall–Kier alpha value is 0.367. The molecule has 3 nitrogen and oxygen atoms in total. The van der Waals surface area contributed by atoms with Crippen LogP contribution < -0.4 is 0 Å². The molecule has 0 heterocycles. The third kappa shape index (κ3) is 6.84. The lowest BCUT2D eigenvalue weighted by molar-refractivity contribution is 0.300. The standard InChI is InChI=1S/C11H27O3PSi/c1-6-14-16(4,5)11-9-10-13-15(12,7-2)8-3/h6-11H2,1-5H3. The van der Waals surface area contributed by atoms with Gasteiger partial charge >= 0.3 is 0 Å². The molecular formula is C11H27O3PSi. The van der Waals surface area contributed by atoms with Crippen molar-refractivity contribution in [3.63, 3.8) is 0 Å². The molecule has 0 saturated carbocycles. The average molecular weight is 266 g/mol. The van der Waals surface area contributed by atoms with E-state index < -0.39 is 15.7 Å². The van der Waals surface area contributed by atoms with Crippen LogP contribution in [0.2, 0.25) is 19.1 Å². The molecule has 0 spiro atoms. The Bertz CT molecular complexity index is 223. The lowest BCUT2D eigenvalue weighted by Crippen LogP contribution is -2.30. The van der Waals surface area contributed by atoms with Crippen molar-refractivity contribution in [2.75, 3.05) is 25.5 Å². The van der Waals surface area contributed by atoms with Gasteiger partial charge in [0.25, 0.3) is 0 Å². The van der Waals surface area contributed by atoms with E-state index in [0.29, 0.717) is 18.9 Å². The van der Waals surface area contributed by atoms with Gasteiger partial charge in [-0.1, -0.05) is 13.8 Å². The van der Waals surface area contributed by atoms with Gasteiger partial charge in [-0.25, -0.2) is 0 Å². The third-order valence-corrected chi connectivity index (χ3v) is 7.96. The van der Waals surface area contributed by atoms with Gasteiger partial charge in [-0.05, 0) is 32.5 Å². The molecule has 0 N–H and O–H groups in total. The highest BCUT2D eigenvalue weighted by atomic mass is 31.2. The zero-order chi connectivity index (χ0) is 12.7. The molecule has 5 heteroatoms. The largest absolute Gasteiger partial charge is 0.418 e. The summed E-state index contributed by atoms with van der Waals surface area (Å²) in [4.78, 5) is 0. The normalized spacial score (nSPS) is 13.1. The Kier molecular flexibility index (Phi) is 7.82.